The topological polar surface area (TPSA) is 140 Å². The number of hydrogen-bond acceptors (Lipinski definition) is 8. The number of aliphatic hydroxyl groups is 3. The Hall–Kier alpha value is -2.25. The van der Waals surface area contributed by atoms with Gasteiger partial charge < -0.3 is 25.8 Å². The van der Waals surface area contributed by atoms with Gasteiger partial charge in [-0.3, -0.25) is 4.57 Å². The second kappa shape index (κ2) is 9.27. The number of ether oxygens (including phenoxy) is 1. The minimum absolute atomic E-state index is 0.193. The van der Waals surface area contributed by atoms with E-state index in [9.17, 15) is 15.3 Å². The summed E-state index contributed by atoms with van der Waals surface area (Å²) in [6, 6.07) is 0. The average Bonchev–Trinajstić information content (AvgIpc) is 3.15. The fourth-order valence-electron chi connectivity index (χ4n) is 4.36. The molecule has 2 aromatic heterocycles. The maximum absolute atomic E-state index is 10.3. The fraction of sp³-hybridized carbons (Fsp3) is 0.667. The Labute approximate surface area is 175 Å². The Morgan fingerprint density at radius 1 is 1.13 bits per heavy atom. The molecular weight excluding hydrogens is 386 g/mol. The lowest BCUT2D eigenvalue weighted by molar-refractivity contribution is -0.0511. The fourth-order valence-corrected chi connectivity index (χ4v) is 4.36. The van der Waals surface area contributed by atoms with Crippen molar-refractivity contribution in [3.63, 3.8) is 0 Å². The quantitative estimate of drug-likeness (QED) is 0.430. The molecule has 4 atom stereocenters. The highest BCUT2D eigenvalue weighted by atomic mass is 16.6. The number of nitrogens with two attached hydrogens (primary N) is 1. The number of nitrogens with zero attached hydrogens (tertiary/aromatic N) is 4. The van der Waals surface area contributed by atoms with Crippen molar-refractivity contribution in [1.29, 1.82) is 0 Å². The Morgan fingerprint density at radius 3 is 2.60 bits per heavy atom. The van der Waals surface area contributed by atoms with Crippen LogP contribution >= 0.6 is 0 Å². The molecule has 2 aromatic rings. The zero-order valence-electron chi connectivity index (χ0n) is 16.9. The molecule has 0 amide bonds. The average molecular weight is 415 g/mol. The van der Waals surface area contributed by atoms with Crippen molar-refractivity contribution < 1.29 is 20.1 Å². The van der Waals surface area contributed by atoms with Crippen LogP contribution in [0.1, 0.15) is 63.4 Å². The first-order valence-corrected chi connectivity index (χ1v) is 10.7. The SMILES string of the molecule is Nc1nc(C#CCCC2CCCCCC2)nc2c1ncn2[C@@H]1O[C@H](CO)[C@@H](O)[C@H]1O. The molecule has 162 valence electrons. The summed E-state index contributed by atoms with van der Waals surface area (Å²) in [6.45, 7) is -0.407. The number of hydrogen-bond donors (Lipinski definition) is 4. The summed E-state index contributed by atoms with van der Waals surface area (Å²) in [5.74, 6) is 7.39. The minimum atomic E-state index is -1.23. The molecule has 0 unspecified atom stereocenters. The molecule has 9 heteroatoms. The maximum atomic E-state index is 10.3. The number of imidazole rings is 1. The van der Waals surface area contributed by atoms with Gasteiger partial charge in [0.2, 0.25) is 5.82 Å². The molecule has 2 aliphatic rings. The summed E-state index contributed by atoms with van der Waals surface area (Å²) in [4.78, 5) is 12.9. The van der Waals surface area contributed by atoms with Gasteiger partial charge in [-0.15, -0.1) is 0 Å². The third-order valence-corrected chi connectivity index (χ3v) is 6.09. The summed E-state index contributed by atoms with van der Waals surface area (Å²) in [7, 11) is 0. The van der Waals surface area contributed by atoms with E-state index < -0.39 is 31.1 Å². The van der Waals surface area contributed by atoms with Crippen LogP contribution in [0.3, 0.4) is 0 Å². The van der Waals surface area contributed by atoms with Gasteiger partial charge >= 0.3 is 0 Å². The normalized spacial score (nSPS) is 27.7. The van der Waals surface area contributed by atoms with Crippen molar-refractivity contribution in [3.05, 3.63) is 12.2 Å². The summed E-state index contributed by atoms with van der Waals surface area (Å²) >= 11 is 0. The Morgan fingerprint density at radius 2 is 1.90 bits per heavy atom. The van der Waals surface area contributed by atoms with Crippen LogP contribution in [0.25, 0.3) is 11.2 Å². The molecule has 0 bridgehead atoms. The molecule has 0 radical (unpaired) electrons. The van der Waals surface area contributed by atoms with Gasteiger partial charge in [0.25, 0.3) is 0 Å². The second-order valence-corrected chi connectivity index (χ2v) is 8.18. The van der Waals surface area contributed by atoms with Crippen molar-refractivity contribution in [2.45, 2.75) is 75.9 Å². The van der Waals surface area contributed by atoms with E-state index in [2.05, 4.69) is 26.8 Å². The zero-order chi connectivity index (χ0) is 21.1. The van der Waals surface area contributed by atoms with E-state index in [-0.39, 0.29) is 11.6 Å². The van der Waals surface area contributed by atoms with Crippen molar-refractivity contribution in [2.75, 3.05) is 12.3 Å². The van der Waals surface area contributed by atoms with E-state index in [1.807, 2.05) is 0 Å². The van der Waals surface area contributed by atoms with Gasteiger partial charge in [-0.05, 0) is 18.3 Å². The third-order valence-electron chi connectivity index (χ3n) is 6.09. The summed E-state index contributed by atoms with van der Waals surface area (Å²) in [5.41, 5.74) is 6.77. The van der Waals surface area contributed by atoms with Crippen LogP contribution < -0.4 is 5.73 Å². The van der Waals surface area contributed by atoms with E-state index in [4.69, 9.17) is 10.5 Å². The third kappa shape index (κ3) is 4.27. The molecule has 3 heterocycles. The van der Waals surface area contributed by atoms with Gasteiger partial charge in [0.05, 0.1) is 12.9 Å². The lowest BCUT2D eigenvalue weighted by Gasteiger charge is -2.16. The predicted molar refractivity (Wildman–Crippen MR) is 110 cm³/mol. The van der Waals surface area contributed by atoms with Gasteiger partial charge in [-0.2, -0.15) is 0 Å². The monoisotopic (exact) mass is 415 g/mol. The molecule has 0 spiro atoms. The number of fused-ring (bicyclic) bond motifs is 1. The standard InChI is InChI=1S/C21H29N5O4/c22-19-16-20(26(12-23-16)21-18(29)17(28)14(11-27)30-21)25-15(24-19)10-6-5-9-13-7-3-1-2-4-8-13/h12-14,17-18,21,27-29H,1-5,7-9,11H2,(H2,22,24,25)/t14-,17-,18-,21-/m1/s1. The molecule has 1 saturated carbocycles. The molecule has 1 aliphatic carbocycles. The molecule has 5 N–H and O–H groups in total. The highest BCUT2D eigenvalue weighted by molar-refractivity contribution is 5.82. The van der Waals surface area contributed by atoms with Crippen LogP contribution in [0.15, 0.2) is 6.33 Å². The molecule has 2 fully saturated rings. The smallest absolute Gasteiger partial charge is 0.208 e. The van der Waals surface area contributed by atoms with Crippen LogP contribution in [-0.4, -0.2) is 59.8 Å². The van der Waals surface area contributed by atoms with Gasteiger partial charge in [0.15, 0.2) is 17.7 Å². The minimum Gasteiger partial charge on any atom is -0.394 e. The molecule has 4 rings (SSSR count). The lowest BCUT2D eigenvalue weighted by Crippen LogP contribution is -2.33. The summed E-state index contributed by atoms with van der Waals surface area (Å²) in [5, 5.41) is 29.7. The van der Waals surface area contributed by atoms with Gasteiger partial charge in [-0.1, -0.05) is 44.4 Å². The van der Waals surface area contributed by atoms with Gasteiger partial charge in [0, 0.05) is 6.42 Å². The summed E-state index contributed by atoms with van der Waals surface area (Å²) < 4.78 is 7.07. The van der Waals surface area contributed by atoms with E-state index in [1.54, 1.807) is 0 Å². The Balaban J connectivity index is 1.51. The Kier molecular flexibility index (Phi) is 6.49. The van der Waals surface area contributed by atoms with Crippen molar-refractivity contribution in [2.24, 2.45) is 5.92 Å². The van der Waals surface area contributed by atoms with E-state index in [1.165, 1.54) is 49.4 Å². The highest BCUT2D eigenvalue weighted by Gasteiger charge is 2.44. The second-order valence-electron chi connectivity index (χ2n) is 8.18. The maximum Gasteiger partial charge on any atom is 0.208 e. The van der Waals surface area contributed by atoms with Crippen molar-refractivity contribution in [1.82, 2.24) is 19.5 Å². The summed E-state index contributed by atoms with van der Waals surface area (Å²) in [6.07, 6.45) is 6.96. The predicted octanol–water partition coefficient (Wildman–Crippen LogP) is 1.12. The number of anilines is 1. The lowest BCUT2D eigenvalue weighted by atomic mass is 9.95. The first-order chi connectivity index (χ1) is 14.6. The number of nitrogen functional groups attached to an aromatic ring is 1. The molecule has 0 aromatic carbocycles. The Bertz CT molecular complexity index is 929. The van der Waals surface area contributed by atoms with Crippen molar-refractivity contribution in [3.8, 4) is 11.8 Å². The number of aliphatic hydroxyl groups excluding tert-OH is 3. The van der Waals surface area contributed by atoms with Crippen LogP contribution in [-0.2, 0) is 4.74 Å². The number of rotatable bonds is 4. The highest BCUT2D eigenvalue weighted by Crippen LogP contribution is 2.32. The van der Waals surface area contributed by atoms with E-state index >= 15 is 0 Å². The molecule has 1 aliphatic heterocycles. The molecule has 9 nitrogen and oxygen atoms in total. The van der Waals surface area contributed by atoms with Crippen LogP contribution in [0, 0.1) is 17.8 Å². The molecule has 30 heavy (non-hydrogen) atoms. The largest absolute Gasteiger partial charge is 0.394 e. The molecular formula is C21H29N5O4. The van der Waals surface area contributed by atoms with Gasteiger partial charge in [0.1, 0.15) is 23.8 Å². The van der Waals surface area contributed by atoms with E-state index in [0.29, 0.717) is 11.2 Å². The van der Waals surface area contributed by atoms with E-state index in [0.717, 1.165) is 18.8 Å². The van der Waals surface area contributed by atoms with Crippen molar-refractivity contribution >= 4 is 17.0 Å². The van der Waals surface area contributed by atoms with Crippen LogP contribution in [0.5, 0.6) is 0 Å². The van der Waals surface area contributed by atoms with Gasteiger partial charge in [-0.25, -0.2) is 15.0 Å². The van der Waals surface area contributed by atoms with Crippen LogP contribution in [0.4, 0.5) is 5.82 Å². The van der Waals surface area contributed by atoms with Crippen LogP contribution in [0.2, 0.25) is 0 Å². The molecule has 1 saturated heterocycles. The first kappa shape index (κ1) is 21.0. The number of aromatic nitrogens is 4. The first-order valence-electron chi connectivity index (χ1n) is 10.7. The zero-order valence-corrected chi connectivity index (χ0v) is 16.9.